The van der Waals surface area contributed by atoms with Crippen molar-refractivity contribution in [2.75, 3.05) is 10.5 Å². The molecule has 0 bridgehead atoms. The number of aryl methyl sites for hydroxylation is 2. The van der Waals surface area contributed by atoms with Gasteiger partial charge in [-0.2, -0.15) is 0 Å². The van der Waals surface area contributed by atoms with Gasteiger partial charge in [-0.3, -0.25) is 4.72 Å². The maximum absolute atomic E-state index is 12.6. The summed E-state index contributed by atoms with van der Waals surface area (Å²) in [4.78, 5) is 4.00. The molecule has 0 fully saturated rings. The molecular weight excluding hydrogens is 310 g/mol. The second-order valence-corrected chi connectivity index (χ2v) is 6.86. The number of anilines is 2. The van der Waals surface area contributed by atoms with Gasteiger partial charge in [0.25, 0.3) is 10.0 Å². The molecule has 0 aliphatic heterocycles. The predicted octanol–water partition coefficient (Wildman–Crippen LogP) is 3.04. The summed E-state index contributed by atoms with van der Waals surface area (Å²) in [5.41, 5.74) is 8.51. The van der Waals surface area contributed by atoms with Crippen LogP contribution in [0.3, 0.4) is 0 Å². The van der Waals surface area contributed by atoms with Crippen molar-refractivity contribution in [1.29, 1.82) is 0 Å². The third-order valence-electron chi connectivity index (χ3n) is 3.20. The standard InChI is InChI=1S/C14H16ClN3O2S/c1-8-6-12(14(15)17-7-8)18-21(19,20)13-10(3)9(2)4-5-11(13)16/h4-7,18H,16H2,1-3H3. The predicted molar refractivity (Wildman–Crippen MR) is 85.1 cm³/mol. The zero-order valence-corrected chi connectivity index (χ0v) is 13.5. The first-order valence-electron chi connectivity index (χ1n) is 6.23. The largest absolute Gasteiger partial charge is 0.398 e. The number of nitrogen functional groups attached to an aromatic ring is 1. The highest BCUT2D eigenvalue weighted by atomic mass is 35.5. The van der Waals surface area contributed by atoms with Crippen LogP contribution < -0.4 is 10.5 Å². The minimum atomic E-state index is -3.84. The Kier molecular flexibility index (Phi) is 4.11. The molecule has 0 aliphatic carbocycles. The van der Waals surface area contributed by atoms with E-state index in [9.17, 15) is 8.42 Å². The van der Waals surface area contributed by atoms with Gasteiger partial charge in [0.15, 0.2) is 5.15 Å². The average Bonchev–Trinajstić information content (AvgIpc) is 2.38. The fraction of sp³-hybridized carbons (Fsp3) is 0.214. The second kappa shape index (κ2) is 5.54. The summed E-state index contributed by atoms with van der Waals surface area (Å²) in [6, 6.07) is 4.98. The van der Waals surface area contributed by atoms with Crippen LogP contribution in [0.5, 0.6) is 0 Å². The number of halogens is 1. The first-order chi connectivity index (χ1) is 9.72. The molecule has 112 valence electrons. The summed E-state index contributed by atoms with van der Waals surface area (Å²) in [6.45, 7) is 5.35. The number of benzene rings is 1. The number of hydrogen-bond acceptors (Lipinski definition) is 4. The van der Waals surface area contributed by atoms with Crippen LogP contribution in [0.2, 0.25) is 5.15 Å². The third kappa shape index (κ3) is 3.11. The molecule has 0 saturated carbocycles. The zero-order valence-electron chi connectivity index (χ0n) is 11.9. The van der Waals surface area contributed by atoms with E-state index in [-0.39, 0.29) is 21.4 Å². The van der Waals surface area contributed by atoms with Gasteiger partial charge in [-0.05, 0) is 49.6 Å². The smallest absolute Gasteiger partial charge is 0.264 e. The molecule has 3 N–H and O–H groups in total. The minimum Gasteiger partial charge on any atom is -0.398 e. The Balaban J connectivity index is 2.54. The van der Waals surface area contributed by atoms with E-state index in [2.05, 4.69) is 9.71 Å². The van der Waals surface area contributed by atoms with E-state index in [1.165, 1.54) is 0 Å². The lowest BCUT2D eigenvalue weighted by Gasteiger charge is -2.15. The van der Waals surface area contributed by atoms with E-state index in [1.54, 1.807) is 38.2 Å². The number of pyridine rings is 1. The van der Waals surface area contributed by atoms with Crippen LogP contribution in [0, 0.1) is 20.8 Å². The number of nitrogens with one attached hydrogen (secondary N) is 1. The van der Waals surface area contributed by atoms with E-state index in [4.69, 9.17) is 17.3 Å². The van der Waals surface area contributed by atoms with E-state index in [0.717, 1.165) is 11.1 Å². The van der Waals surface area contributed by atoms with Gasteiger partial charge in [0.2, 0.25) is 0 Å². The highest BCUT2D eigenvalue weighted by molar-refractivity contribution is 7.93. The van der Waals surface area contributed by atoms with E-state index in [1.807, 2.05) is 6.92 Å². The molecule has 0 amide bonds. The molecule has 2 aromatic rings. The van der Waals surface area contributed by atoms with Crippen LogP contribution >= 0.6 is 11.6 Å². The molecule has 0 radical (unpaired) electrons. The Hall–Kier alpha value is -1.79. The van der Waals surface area contributed by atoms with Crippen molar-refractivity contribution in [3.63, 3.8) is 0 Å². The normalized spacial score (nSPS) is 11.4. The molecule has 1 aromatic heterocycles. The molecule has 0 saturated heterocycles. The summed E-state index contributed by atoms with van der Waals surface area (Å²) in [7, 11) is -3.84. The lowest BCUT2D eigenvalue weighted by atomic mass is 10.1. The molecule has 2 rings (SSSR count). The number of aromatic nitrogens is 1. The highest BCUT2D eigenvalue weighted by Gasteiger charge is 2.22. The average molecular weight is 326 g/mol. The molecule has 0 spiro atoms. The van der Waals surface area contributed by atoms with Crippen LogP contribution in [0.1, 0.15) is 16.7 Å². The molecule has 1 heterocycles. The molecule has 0 atom stereocenters. The molecule has 7 heteroatoms. The number of nitrogens with two attached hydrogens (primary N) is 1. The fourth-order valence-electron chi connectivity index (χ4n) is 1.99. The van der Waals surface area contributed by atoms with Gasteiger partial charge in [0.05, 0.1) is 11.4 Å². The van der Waals surface area contributed by atoms with Gasteiger partial charge in [-0.25, -0.2) is 13.4 Å². The van der Waals surface area contributed by atoms with Crippen LogP contribution in [-0.4, -0.2) is 13.4 Å². The molecular formula is C14H16ClN3O2S. The Morgan fingerprint density at radius 2 is 1.90 bits per heavy atom. The zero-order chi connectivity index (χ0) is 15.8. The van der Waals surface area contributed by atoms with Crippen LogP contribution in [0.15, 0.2) is 29.3 Å². The maximum Gasteiger partial charge on any atom is 0.264 e. The molecule has 5 nitrogen and oxygen atoms in total. The number of nitrogens with zero attached hydrogens (tertiary/aromatic N) is 1. The summed E-state index contributed by atoms with van der Waals surface area (Å²) in [5.74, 6) is 0. The Morgan fingerprint density at radius 1 is 1.24 bits per heavy atom. The maximum atomic E-state index is 12.6. The Labute approximate surface area is 129 Å². The van der Waals surface area contributed by atoms with E-state index in [0.29, 0.717) is 5.56 Å². The second-order valence-electron chi connectivity index (χ2n) is 4.88. The van der Waals surface area contributed by atoms with Crippen molar-refractivity contribution in [1.82, 2.24) is 4.98 Å². The first kappa shape index (κ1) is 15.6. The van der Waals surface area contributed by atoms with Gasteiger partial charge in [0.1, 0.15) is 4.90 Å². The van der Waals surface area contributed by atoms with Crippen molar-refractivity contribution < 1.29 is 8.42 Å². The summed E-state index contributed by atoms with van der Waals surface area (Å²) < 4.78 is 27.6. The van der Waals surface area contributed by atoms with Gasteiger partial charge in [-0.15, -0.1) is 0 Å². The quantitative estimate of drug-likeness (QED) is 0.671. The molecule has 0 aliphatic rings. The van der Waals surface area contributed by atoms with Crippen molar-refractivity contribution in [3.05, 3.63) is 46.2 Å². The van der Waals surface area contributed by atoms with Gasteiger partial charge in [-0.1, -0.05) is 17.7 Å². The van der Waals surface area contributed by atoms with Crippen molar-refractivity contribution >= 4 is 33.0 Å². The fourth-order valence-corrected chi connectivity index (χ4v) is 3.68. The lowest BCUT2D eigenvalue weighted by Crippen LogP contribution is -2.17. The Bertz CT molecular complexity index is 804. The first-order valence-corrected chi connectivity index (χ1v) is 8.09. The molecule has 21 heavy (non-hydrogen) atoms. The van der Waals surface area contributed by atoms with Gasteiger partial charge in [0, 0.05) is 6.20 Å². The van der Waals surface area contributed by atoms with Crippen LogP contribution in [0.4, 0.5) is 11.4 Å². The topological polar surface area (TPSA) is 85.1 Å². The summed E-state index contributed by atoms with van der Waals surface area (Å²) >= 11 is 5.93. The summed E-state index contributed by atoms with van der Waals surface area (Å²) in [6.07, 6.45) is 1.56. The van der Waals surface area contributed by atoms with Crippen molar-refractivity contribution in [3.8, 4) is 0 Å². The van der Waals surface area contributed by atoms with Crippen molar-refractivity contribution in [2.45, 2.75) is 25.7 Å². The Morgan fingerprint density at radius 3 is 2.57 bits per heavy atom. The summed E-state index contributed by atoms with van der Waals surface area (Å²) in [5, 5.41) is 0.0908. The molecule has 0 unspecified atom stereocenters. The van der Waals surface area contributed by atoms with E-state index < -0.39 is 10.0 Å². The van der Waals surface area contributed by atoms with Crippen molar-refractivity contribution in [2.24, 2.45) is 0 Å². The number of sulfonamides is 1. The monoisotopic (exact) mass is 325 g/mol. The lowest BCUT2D eigenvalue weighted by molar-refractivity contribution is 0.601. The highest BCUT2D eigenvalue weighted by Crippen LogP contribution is 2.29. The SMILES string of the molecule is Cc1cnc(Cl)c(NS(=O)(=O)c2c(N)ccc(C)c2C)c1. The third-order valence-corrected chi connectivity index (χ3v) is 5.07. The number of rotatable bonds is 3. The van der Waals surface area contributed by atoms with Crippen LogP contribution in [-0.2, 0) is 10.0 Å². The number of hydrogen-bond donors (Lipinski definition) is 2. The minimum absolute atomic E-state index is 0.0695. The van der Waals surface area contributed by atoms with E-state index >= 15 is 0 Å². The van der Waals surface area contributed by atoms with Crippen LogP contribution in [0.25, 0.3) is 0 Å². The van der Waals surface area contributed by atoms with Gasteiger partial charge < -0.3 is 5.73 Å². The molecule has 1 aromatic carbocycles. The van der Waals surface area contributed by atoms with Gasteiger partial charge >= 0.3 is 0 Å².